The predicted octanol–water partition coefficient (Wildman–Crippen LogP) is 4.25. The number of methoxy groups -OCH3 is 1. The Bertz CT molecular complexity index is 617. The fourth-order valence-corrected chi connectivity index (χ4v) is 2.07. The average Bonchev–Trinajstić information content (AvgIpc) is 2.46. The van der Waals surface area contributed by atoms with Gasteiger partial charge >= 0.3 is 0 Å². The van der Waals surface area contributed by atoms with Gasteiger partial charge in [0.05, 0.1) is 7.11 Å². The molecule has 0 amide bonds. The molecule has 2 aromatic carbocycles. The van der Waals surface area contributed by atoms with E-state index in [-0.39, 0.29) is 5.78 Å². The van der Waals surface area contributed by atoms with Gasteiger partial charge in [-0.1, -0.05) is 25.1 Å². The van der Waals surface area contributed by atoms with Crippen LogP contribution in [-0.4, -0.2) is 12.9 Å². The Labute approximate surface area is 119 Å². The van der Waals surface area contributed by atoms with E-state index in [1.807, 2.05) is 30.3 Å². The van der Waals surface area contributed by atoms with E-state index in [0.29, 0.717) is 17.1 Å². The Kier molecular flexibility index (Phi) is 4.41. The molecular weight excluding hydrogens is 252 g/mol. The first kappa shape index (κ1) is 14.1. The van der Waals surface area contributed by atoms with E-state index >= 15 is 0 Å². The molecule has 0 saturated heterocycles. The van der Waals surface area contributed by atoms with Crippen molar-refractivity contribution in [2.45, 2.75) is 20.3 Å². The molecule has 0 heterocycles. The Hall–Kier alpha value is -2.29. The lowest BCUT2D eigenvalue weighted by Crippen LogP contribution is -2.01. The SMILES string of the molecule is CCc1cccc(Oc2cccc(OC)c2C(C)=O)c1. The normalized spacial score (nSPS) is 10.2. The van der Waals surface area contributed by atoms with Crippen molar-refractivity contribution < 1.29 is 14.3 Å². The van der Waals surface area contributed by atoms with Gasteiger partial charge in [-0.15, -0.1) is 0 Å². The minimum atomic E-state index is -0.0795. The number of benzene rings is 2. The molecule has 3 heteroatoms. The second-order valence-corrected chi connectivity index (χ2v) is 4.49. The van der Waals surface area contributed by atoms with E-state index in [1.165, 1.54) is 12.5 Å². The first-order valence-electron chi connectivity index (χ1n) is 6.60. The van der Waals surface area contributed by atoms with Gasteiger partial charge in [-0.3, -0.25) is 4.79 Å². The van der Waals surface area contributed by atoms with E-state index in [4.69, 9.17) is 9.47 Å². The molecule has 2 rings (SSSR count). The lowest BCUT2D eigenvalue weighted by atomic mass is 10.1. The van der Waals surface area contributed by atoms with Crippen molar-refractivity contribution in [2.24, 2.45) is 0 Å². The van der Waals surface area contributed by atoms with Crippen molar-refractivity contribution in [3.05, 3.63) is 53.6 Å². The second-order valence-electron chi connectivity index (χ2n) is 4.49. The van der Waals surface area contributed by atoms with Crippen LogP contribution in [0.5, 0.6) is 17.2 Å². The zero-order valence-corrected chi connectivity index (χ0v) is 12.0. The number of ether oxygens (including phenoxy) is 2. The topological polar surface area (TPSA) is 35.5 Å². The number of carbonyl (C=O) groups excluding carboxylic acids is 1. The van der Waals surface area contributed by atoms with Gasteiger partial charge in [0.1, 0.15) is 22.8 Å². The van der Waals surface area contributed by atoms with E-state index < -0.39 is 0 Å². The largest absolute Gasteiger partial charge is 0.496 e. The van der Waals surface area contributed by atoms with Crippen LogP contribution >= 0.6 is 0 Å². The molecule has 0 unspecified atom stereocenters. The Balaban J connectivity index is 2.40. The third-order valence-corrected chi connectivity index (χ3v) is 3.09. The zero-order valence-electron chi connectivity index (χ0n) is 12.0. The van der Waals surface area contributed by atoms with Gasteiger partial charge in [0.15, 0.2) is 5.78 Å². The Morgan fingerprint density at radius 2 is 1.80 bits per heavy atom. The summed E-state index contributed by atoms with van der Waals surface area (Å²) in [6.07, 6.45) is 0.939. The summed E-state index contributed by atoms with van der Waals surface area (Å²) in [5.41, 5.74) is 1.66. The van der Waals surface area contributed by atoms with E-state index in [1.54, 1.807) is 19.2 Å². The first-order chi connectivity index (χ1) is 9.65. The molecule has 3 nitrogen and oxygen atoms in total. The molecule has 0 aliphatic rings. The van der Waals surface area contributed by atoms with Crippen LogP contribution in [0.4, 0.5) is 0 Å². The van der Waals surface area contributed by atoms with Gasteiger partial charge in [-0.05, 0) is 43.2 Å². The van der Waals surface area contributed by atoms with Crippen LogP contribution in [0.3, 0.4) is 0 Å². The quantitative estimate of drug-likeness (QED) is 0.762. The fraction of sp³-hybridized carbons (Fsp3) is 0.235. The summed E-state index contributed by atoms with van der Waals surface area (Å²) in [4.78, 5) is 11.8. The molecule has 0 bridgehead atoms. The van der Waals surface area contributed by atoms with Crippen molar-refractivity contribution >= 4 is 5.78 Å². The lowest BCUT2D eigenvalue weighted by molar-refractivity contribution is 0.101. The van der Waals surface area contributed by atoms with Crippen LogP contribution < -0.4 is 9.47 Å². The van der Waals surface area contributed by atoms with Gasteiger partial charge in [0, 0.05) is 0 Å². The minimum Gasteiger partial charge on any atom is -0.496 e. The van der Waals surface area contributed by atoms with Gasteiger partial charge in [-0.2, -0.15) is 0 Å². The zero-order chi connectivity index (χ0) is 14.5. The maximum atomic E-state index is 11.8. The maximum absolute atomic E-state index is 11.8. The van der Waals surface area contributed by atoms with Gasteiger partial charge in [-0.25, -0.2) is 0 Å². The second kappa shape index (κ2) is 6.24. The highest BCUT2D eigenvalue weighted by Gasteiger charge is 2.15. The van der Waals surface area contributed by atoms with Crippen LogP contribution in [0.2, 0.25) is 0 Å². The molecule has 0 spiro atoms. The highest BCUT2D eigenvalue weighted by atomic mass is 16.5. The molecule has 0 N–H and O–H groups in total. The van der Waals surface area contributed by atoms with Crippen LogP contribution in [0.25, 0.3) is 0 Å². The van der Waals surface area contributed by atoms with Crippen LogP contribution in [0, 0.1) is 0 Å². The van der Waals surface area contributed by atoms with E-state index in [9.17, 15) is 4.79 Å². The van der Waals surface area contributed by atoms with E-state index in [2.05, 4.69) is 6.92 Å². The molecule has 20 heavy (non-hydrogen) atoms. The fourth-order valence-electron chi connectivity index (χ4n) is 2.07. The summed E-state index contributed by atoms with van der Waals surface area (Å²) in [5.74, 6) is 1.69. The summed E-state index contributed by atoms with van der Waals surface area (Å²) < 4.78 is 11.1. The Morgan fingerprint density at radius 1 is 1.10 bits per heavy atom. The average molecular weight is 270 g/mol. The van der Waals surface area contributed by atoms with Crippen molar-refractivity contribution in [2.75, 3.05) is 7.11 Å². The van der Waals surface area contributed by atoms with Crippen molar-refractivity contribution in [3.8, 4) is 17.2 Å². The number of aryl methyl sites for hydroxylation is 1. The monoisotopic (exact) mass is 270 g/mol. The third kappa shape index (κ3) is 2.99. The smallest absolute Gasteiger partial charge is 0.167 e. The van der Waals surface area contributed by atoms with Crippen molar-refractivity contribution in [1.82, 2.24) is 0 Å². The summed E-state index contributed by atoms with van der Waals surface area (Å²) in [6.45, 7) is 3.60. The van der Waals surface area contributed by atoms with Gasteiger partial charge in [0.25, 0.3) is 0 Å². The molecule has 0 fully saturated rings. The number of hydrogen-bond acceptors (Lipinski definition) is 3. The molecule has 0 radical (unpaired) electrons. The highest BCUT2D eigenvalue weighted by molar-refractivity contribution is 5.99. The molecule has 0 aliphatic carbocycles. The number of rotatable bonds is 5. The van der Waals surface area contributed by atoms with Crippen molar-refractivity contribution in [3.63, 3.8) is 0 Å². The third-order valence-electron chi connectivity index (χ3n) is 3.09. The summed E-state index contributed by atoms with van der Waals surface area (Å²) in [7, 11) is 1.54. The molecular formula is C17H18O3. The van der Waals surface area contributed by atoms with Crippen molar-refractivity contribution in [1.29, 1.82) is 0 Å². The summed E-state index contributed by atoms with van der Waals surface area (Å²) >= 11 is 0. The first-order valence-corrected chi connectivity index (χ1v) is 6.60. The van der Waals surface area contributed by atoms with E-state index in [0.717, 1.165) is 12.2 Å². The molecule has 0 aromatic heterocycles. The lowest BCUT2D eigenvalue weighted by Gasteiger charge is -2.13. The summed E-state index contributed by atoms with van der Waals surface area (Å²) in [5, 5.41) is 0. The minimum absolute atomic E-state index is 0.0795. The molecule has 0 saturated carbocycles. The molecule has 104 valence electrons. The predicted molar refractivity (Wildman–Crippen MR) is 78.9 cm³/mol. The molecule has 0 aliphatic heterocycles. The number of carbonyl (C=O) groups is 1. The van der Waals surface area contributed by atoms with Crippen LogP contribution in [-0.2, 0) is 6.42 Å². The Morgan fingerprint density at radius 3 is 2.45 bits per heavy atom. The standard InChI is InChI=1S/C17H18O3/c1-4-13-7-5-8-14(11-13)20-16-10-6-9-15(19-3)17(16)12(2)18/h5-11H,4H2,1-3H3. The molecule has 0 atom stereocenters. The number of Topliss-reactive ketones (excluding diaryl/α,β-unsaturated/α-hetero) is 1. The number of hydrogen-bond donors (Lipinski definition) is 0. The van der Waals surface area contributed by atoms with Gasteiger partial charge < -0.3 is 9.47 Å². The maximum Gasteiger partial charge on any atom is 0.167 e. The number of ketones is 1. The molecule has 2 aromatic rings. The van der Waals surface area contributed by atoms with Crippen LogP contribution in [0.15, 0.2) is 42.5 Å². The summed E-state index contributed by atoms with van der Waals surface area (Å²) in [6, 6.07) is 13.2. The van der Waals surface area contributed by atoms with Gasteiger partial charge in [0.2, 0.25) is 0 Å². The highest BCUT2D eigenvalue weighted by Crippen LogP contribution is 2.32. The van der Waals surface area contributed by atoms with Crippen LogP contribution in [0.1, 0.15) is 29.8 Å².